The van der Waals surface area contributed by atoms with Crippen molar-refractivity contribution >= 4 is 87.3 Å². The highest BCUT2D eigenvalue weighted by atomic mass is 35.5. The number of rotatable bonds is 3. The van der Waals surface area contributed by atoms with Crippen LogP contribution in [0.15, 0.2) is 40.4 Å². The van der Waals surface area contributed by atoms with Crippen molar-refractivity contribution in [3.05, 3.63) is 46.0 Å². The molecule has 5 aliphatic rings. The first-order chi connectivity index (χ1) is 15.5. The van der Waals surface area contributed by atoms with Crippen LogP contribution in [0, 0.1) is 23.7 Å². The van der Waals surface area contributed by atoms with Gasteiger partial charge in [0.1, 0.15) is 9.75 Å². The van der Waals surface area contributed by atoms with E-state index in [0.717, 1.165) is 10.6 Å². The summed E-state index contributed by atoms with van der Waals surface area (Å²) < 4.78 is 4.31. The molecule has 0 radical (unpaired) electrons. The van der Waals surface area contributed by atoms with Gasteiger partial charge in [-0.05, 0) is 5.56 Å². The predicted molar refractivity (Wildman–Crippen MR) is 123 cm³/mol. The molecule has 12 heteroatoms. The third-order valence-corrected chi connectivity index (χ3v) is 11.9. The summed E-state index contributed by atoms with van der Waals surface area (Å²) >= 11 is 40.1. The van der Waals surface area contributed by atoms with Crippen molar-refractivity contribution in [3.8, 4) is 0 Å². The number of benzene rings is 1. The Labute approximate surface area is 218 Å². The third-order valence-electron chi connectivity index (χ3n) is 7.62. The first kappa shape index (κ1) is 22.7. The Bertz CT molecular complexity index is 1100. The van der Waals surface area contributed by atoms with Crippen LogP contribution in [0.2, 0.25) is 0 Å². The highest BCUT2D eigenvalue weighted by Crippen LogP contribution is 2.81. The summed E-state index contributed by atoms with van der Waals surface area (Å²) in [6.07, 6.45) is -1.62. The number of carbonyl (C=O) groups is 3. The van der Waals surface area contributed by atoms with E-state index in [-0.39, 0.29) is 16.5 Å². The fourth-order valence-electron chi connectivity index (χ4n) is 6.35. The Hall–Kier alpha value is -0.730. The second-order valence-corrected chi connectivity index (χ2v) is 12.3. The fourth-order valence-corrected chi connectivity index (χ4v) is 9.41. The number of imide groups is 1. The van der Waals surface area contributed by atoms with Gasteiger partial charge in [0.25, 0.3) is 11.8 Å². The molecule has 33 heavy (non-hydrogen) atoms. The van der Waals surface area contributed by atoms with Gasteiger partial charge in [-0.3, -0.25) is 19.8 Å². The van der Waals surface area contributed by atoms with E-state index in [9.17, 15) is 14.4 Å². The Morgan fingerprint density at radius 2 is 1.39 bits per heavy atom. The molecule has 4 fully saturated rings. The van der Waals surface area contributed by atoms with Crippen LogP contribution < -0.4 is 5.43 Å². The molecule has 3 saturated heterocycles. The highest BCUT2D eigenvalue weighted by molar-refractivity contribution is 6.65. The number of halogens is 6. The lowest BCUT2D eigenvalue weighted by molar-refractivity contribution is -0.151. The zero-order valence-electron chi connectivity index (χ0n) is 16.4. The average molecular weight is 571 g/mol. The van der Waals surface area contributed by atoms with Crippen molar-refractivity contribution in [1.82, 2.24) is 10.4 Å². The predicted octanol–water partition coefficient (Wildman–Crippen LogP) is 3.72. The average Bonchev–Trinajstić information content (AvgIpc) is 3.47. The Morgan fingerprint density at radius 3 is 1.88 bits per heavy atom. The third kappa shape index (κ3) is 2.42. The lowest BCUT2D eigenvalue weighted by atomic mass is 9.65. The highest BCUT2D eigenvalue weighted by Gasteiger charge is 2.90. The van der Waals surface area contributed by atoms with E-state index in [0.29, 0.717) is 0 Å². The van der Waals surface area contributed by atoms with E-state index in [4.69, 9.17) is 74.3 Å². The van der Waals surface area contributed by atoms with Gasteiger partial charge in [-0.15, -0.1) is 23.2 Å². The van der Waals surface area contributed by atoms with E-state index in [1.54, 1.807) is 24.3 Å². The standard InChI is InChI=1S/C21H14Cl6N2O4/c22-15-16(23)20(25)12-11(19(15,24)21(20,26)27)13-9-10(14(12)33-13)18(32)29(17(9)31)28-8(30)6-7-4-2-1-3-5-7/h1-5,9-14H,6H2,(H,28,30)/t9-,10+,11+,12-,13+,14-,19-,20-/m1/s1. The van der Waals surface area contributed by atoms with Gasteiger partial charge in [0.2, 0.25) is 5.91 Å². The lowest BCUT2D eigenvalue weighted by Crippen LogP contribution is -2.50. The molecule has 3 amide bonds. The molecule has 4 bridgehead atoms. The Morgan fingerprint density at radius 1 is 0.909 bits per heavy atom. The van der Waals surface area contributed by atoms with Crippen molar-refractivity contribution in [3.63, 3.8) is 0 Å². The van der Waals surface area contributed by atoms with Crippen LogP contribution in [0.1, 0.15) is 5.56 Å². The summed E-state index contributed by atoms with van der Waals surface area (Å²) in [5.41, 5.74) is 3.18. The zero-order chi connectivity index (χ0) is 23.7. The number of amides is 3. The molecular formula is C21H14Cl6N2O4. The molecule has 6 rings (SSSR count). The molecule has 174 valence electrons. The van der Waals surface area contributed by atoms with Crippen LogP contribution in [0.25, 0.3) is 0 Å². The normalized spacial score (nSPS) is 44.0. The number of carbonyl (C=O) groups excluding carboxylic acids is 3. The number of alkyl halides is 4. The van der Waals surface area contributed by atoms with Crippen LogP contribution in [0.3, 0.4) is 0 Å². The second-order valence-electron chi connectivity index (χ2n) is 9.00. The van der Waals surface area contributed by atoms with Gasteiger partial charge in [-0.1, -0.05) is 76.7 Å². The Balaban J connectivity index is 1.31. The molecule has 3 aliphatic heterocycles. The lowest BCUT2D eigenvalue weighted by Gasteiger charge is -2.39. The summed E-state index contributed by atoms with van der Waals surface area (Å²) in [7, 11) is 0. The fraction of sp³-hybridized carbons (Fsp3) is 0.476. The van der Waals surface area contributed by atoms with E-state index in [1.807, 2.05) is 6.07 Å². The molecule has 0 unspecified atom stereocenters. The van der Waals surface area contributed by atoms with Crippen LogP contribution in [0.5, 0.6) is 0 Å². The minimum absolute atomic E-state index is 0.00751. The molecule has 1 N–H and O–H groups in total. The number of hydrogen-bond donors (Lipinski definition) is 1. The van der Waals surface area contributed by atoms with Gasteiger partial charge in [0, 0.05) is 11.8 Å². The summed E-state index contributed by atoms with van der Waals surface area (Å²) in [6.45, 7) is 0. The van der Waals surface area contributed by atoms with Gasteiger partial charge in [0.15, 0.2) is 4.33 Å². The van der Waals surface area contributed by atoms with Crippen molar-refractivity contribution in [2.24, 2.45) is 23.7 Å². The van der Waals surface area contributed by atoms with E-state index in [2.05, 4.69) is 5.43 Å². The molecule has 1 aromatic carbocycles. The van der Waals surface area contributed by atoms with Gasteiger partial charge in [0.05, 0.1) is 40.5 Å². The molecule has 1 saturated carbocycles. The number of nitrogens with zero attached hydrogens (tertiary/aromatic N) is 1. The second kappa shape index (κ2) is 6.94. The first-order valence-corrected chi connectivity index (χ1v) is 12.4. The number of nitrogens with one attached hydrogen (secondary N) is 1. The largest absolute Gasteiger partial charge is 0.373 e. The minimum atomic E-state index is -1.78. The quantitative estimate of drug-likeness (QED) is 0.444. The van der Waals surface area contributed by atoms with E-state index in [1.165, 1.54) is 0 Å². The molecule has 0 aromatic heterocycles. The Kier molecular flexibility index (Phi) is 4.77. The number of hydrazine groups is 1. The maximum atomic E-state index is 13.3. The van der Waals surface area contributed by atoms with E-state index >= 15 is 0 Å². The first-order valence-electron chi connectivity index (χ1n) is 10.2. The van der Waals surface area contributed by atoms with Crippen molar-refractivity contribution in [2.75, 3.05) is 0 Å². The molecule has 2 aliphatic carbocycles. The zero-order valence-corrected chi connectivity index (χ0v) is 20.9. The number of hydrogen-bond acceptors (Lipinski definition) is 4. The molecule has 8 atom stereocenters. The van der Waals surface area contributed by atoms with Crippen LogP contribution in [-0.2, 0) is 25.5 Å². The van der Waals surface area contributed by atoms with Gasteiger partial charge in [-0.2, -0.15) is 5.01 Å². The monoisotopic (exact) mass is 568 g/mol. The topological polar surface area (TPSA) is 75.7 Å². The summed E-state index contributed by atoms with van der Waals surface area (Å²) in [5, 5.41) is 0.813. The van der Waals surface area contributed by atoms with Crippen molar-refractivity contribution in [1.29, 1.82) is 0 Å². The molecule has 6 nitrogen and oxygen atoms in total. The van der Waals surface area contributed by atoms with Gasteiger partial charge >= 0.3 is 0 Å². The van der Waals surface area contributed by atoms with Gasteiger partial charge in [-0.25, -0.2) is 0 Å². The molecule has 3 heterocycles. The van der Waals surface area contributed by atoms with E-state index < -0.39 is 67.7 Å². The summed E-state index contributed by atoms with van der Waals surface area (Å²) in [4.78, 5) is 35.9. The van der Waals surface area contributed by atoms with Crippen molar-refractivity contribution < 1.29 is 19.1 Å². The molecule has 0 spiro atoms. The maximum Gasteiger partial charge on any atom is 0.254 e. The minimum Gasteiger partial charge on any atom is -0.373 e. The number of ether oxygens (including phenoxy) is 1. The number of fused-ring (bicyclic) bond motifs is 12. The summed E-state index contributed by atoms with van der Waals surface area (Å²) in [5.74, 6) is -4.69. The van der Waals surface area contributed by atoms with Crippen LogP contribution in [0.4, 0.5) is 0 Å². The maximum absolute atomic E-state index is 13.3. The molecular weight excluding hydrogens is 557 g/mol. The number of allylic oxidation sites excluding steroid dienone is 2. The van der Waals surface area contributed by atoms with Crippen LogP contribution in [-0.4, -0.2) is 49.0 Å². The SMILES string of the molecule is O=C(Cc1ccccc1)NN1C(=O)[C@@H]2[C@H]3O[C@@H]([C@@H]2C1=O)[C@@H]1[C@H]3[C@@]2(Cl)C(Cl)=C(Cl)[C@@]1(Cl)C2(Cl)Cl. The smallest absolute Gasteiger partial charge is 0.254 e. The van der Waals surface area contributed by atoms with Crippen LogP contribution >= 0.6 is 69.6 Å². The summed E-state index contributed by atoms with van der Waals surface area (Å²) in [6, 6.07) is 8.97. The van der Waals surface area contributed by atoms with Gasteiger partial charge < -0.3 is 4.74 Å². The molecule has 1 aromatic rings. The van der Waals surface area contributed by atoms with Crippen molar-refractivity contribution in [2.45, 2.75) is 32.7 Å².